The van der Waals surface area contributed by atoms with E-state index < -0.39 is 0 Å². The number of nitrogens with two attached hydrogens (primary N) is 1. The molecule has 0 bridgehead atoms. The van der Waals surface area contributed by atoms with Crippen LogP contribution in [0.5, 0.6) is 0 Å². The molecule has 0 spiro atoms. The van der Waals surface area contributed by atoms with E-state index in [9.17, 15) is 0 Å². The molecular weight excluding hydrogens is 198 g/mol. The Morgan fingerprint density at radius 1 is 1.31 bits per heavy atom. The third kappa shape index (κ3) is 4.73. The van der Waals surface area contributed by atoms with Gasteiger partial charge in [-0.25, -0.2) is 0 Å². The Balaban J connectivity index is 2.43. The monoisotopic (exact) mass is 221 g/mol. The largest absolute Gasteiger partial charge is 0.327 e. The van der Waals surface area contributed by atoms with E-state index in [1.807, 2.05) is 12.4 Å². The van der Waals surface area contributed by atoms with Crippen molar-refractivity contribution in [2.24, 2.45) is 5.73 Å². The van der Waals surface area contributed by atoms with Crippen LogP contribution in [-0.2, 0) is 6.54 Å². The maximum absolute atomic E-state index is 6.06. The Bertz CT molecular complexity index is 274. The number of nitrogens with zero attached hydrogens (tertiary/aromatic N) is 2. The predicted molar refractivity (Wildman–Crippen MR) is 68.1 cm³/mol. The normalized spacial score (nSPS) is 13.0. The molecule has 0 aliphatic carbocycles. The molecule has 1 rings (SSSR count). The summed E-state index contributed by atoms with van der Waals surface area (Å²) < 4.78 is 0. The summed E-state index contributed by atoms with van der Waals surface area (Å²) in [6.07, 6.45) is 5.95. The molecule has 3 nitrogen and oxygen atoms in total. The summed E-state index contributed by atoms with van der Waals surface area (Å²) >= 11 is 0. The molecule has 1 heterocycles. The molecular formula is C13H23N3. The lowest BCUT2D eigenvalue weighted by Crippen LogP contribution is -2.37. The lowest BCUT2D eigenvalue weighted by atomic mass is 10.1. The maximum atomic E-state index is 6.06. The van der Waals surface area contributed by atoms with Crippen molar-refractivity contribution in [2.75, 3.05) is 13.1 Å². The molecule has 0 unspecified atom stereocenters. The van der Waals surface area contributed by atoms with Crippen LogP contribution in [0.2, 0.25) is 0 Å². The van der Waals surface area contributed by atoms with Crippen LogP contribution in [0.1, 0.15) is 32.3 Å². The van der Waals surface area contributed by atoms with Gasteiger partial charge in [-0.3, -0.25) is 9.88 Å². The van der Waals surface area contributed by atoms with Gasteiger partial charge in [0.15, 0.2) is 0 Å². The van der Waals surface area contributed by atoms with Gasteiger partial charge in [0.25, 0.3) is 0 Å². The van der Waals surface area contributed by atoms with E-state index in [1.165, 1.54) is 5.56 Å². The van der Waals surface area contributed by atoms with Gasteiger partial charge in [-0.15, -0.1) is 0 Å². The molecule has 16 heavy (non-hydrogen) atoms. The highest BCUT2D eigenvalue weighted by Crippen LogP contribution is 2.05. The molecule has 0 saturated carbocycles. The van der Waals surface area contributed by atoms with Crippen LogP contribution in [0.3, 0.4) is 0 Å². The highest BCUT2D eigenvalue weighted by Gasteiger charge is 2.08. The van der Waals surface area contributed by atoms with Gasteiger partial charge < -0.3 is 5.73 Å². The smallest absolute Gasteiger partial charge is 0.0271 e. The number of aromatic nitrogens is 1. The predicted octanol–water partition coefficient (Wildman–Crippen LogP) is 2.03. The van der Waals surface area contributed by atoms with Gasteiger partial charge in [-0.1, -0.05) is 20.3 Å². The molecule has 1 atom stereocenters. The summed E-state index contributed by atoms with van der Waals surface area (Å²) in [5.74, 6) is 0. The second-order valence-corrected chi connectivity index (χ2v) is 4.23. The minimum atomic E-state index is 0.298. The SMILES string of the molecule is CCC[C@H](N)CN(CC)Cc1ccncc1. The van der Waals surface area contributed by atoms with Gasteiger partial charge in [0, 0.05) is 31.5 Å². The van der Waals surface area contributed by atoms with Crippen molar-refractivity contribution in [2.45, 2.75) is 39.3 Å². The number of hydrogen-bond acceptors (Lipinski definition) is 3. The van der Waals surface area contributed by atoms with Gasteiger partial charge in [0.1, 0.15) is 0 Å². The first-order chi connectivity index (χ1) is 7.76. The fraction of sp³-hybridized carbons (Fsp3) is 0.615. The number of likely N-dealkylation sites (N-methyl/N-ethyl adjacent to an activating group) is 1. The molecule has 90 valence electrons. The zero-order valence-corrected chi connectivity index (χ0v) is 10.4. The molecule has 0 saturated heterocycles. The molecule has 0 amide bonds. The van der Waals surface area contributed by atoms with Crippen molar-refractivity contribution in [3.63, 3.8) is 0 Å². The van der Waals surface area contributed by atoms with Crippen LogP contribution >= 0.6 is 0 Å². The summed E-state index contributed by atoms with van der Waals surface area (Å²) in [4.78, 5) is 6.41. The van der Waals surface area contributed by atoms with E-state index in [-0.39, 0.29) is 0 Å². The third-order valence-corrected chi connectivity index (χ3v) is 2.75. The van der Waals surface area contributed by atoms with Gasteiger partial charge in [-0.05, 0) is 30.7 Å². The average Bonchev–Trinajstić information content (AvgIpc) is 2.30. The fourth-order valence-corrected chi connectivity index (χ4v) is 1.85. The first kappa shape index (κ1) is 13.1. The Hall–Kier alpha value is -0.930. The first-order valence-electron chi connectivity index (χ1n) is 6.13. The highest BCUT2D eigenvalue weighted by molar-refractivity contribution is 5.09. The molecule has 3 heteroatoms. The number of pyridine rings is 1. The van der Waals surface area contributed by atoms with Crippen LogP contribution in [0.25, 0.3) is 0 Å². The quantitative estimate of drug-likeness (QED) is 0.766. The summed E-state index contributed by atoms with van der Waals surface area (Å²) in [5, 5.41) is 0. The van der Waals surface area contributed by atoms with Crippen LogP contribution in [0, 0.1) is 0 Å². The second-order valence-electron chi connectivity index (χ2n) is 4.23. The summed E-state index contributed by atoms with van der Waals surface area (Å²) in [6.45, 7) is 7.35. The first-order valence-corrected chi connectivity index (χ1v) is 6.13. The molecule has 1 aromatic rings. The minimum Gasteiger partial charge on any atom is -0.327 e. The van der Waals surface area contributed by atoms with Gasteiger partial charge in [0.2, 0.25) is 0 Å². The number of rotatable bonds is 7. The summed E-state index contributed by atoms with van der Waals surface area (Å²) in [5.41, 5.74) is 7.37. The number of hydrogen-bond donors (Lipinski definition) is 1. The van der Waals surface area contributed by atoms with Crippen molar-refractivity contribution in [1.82, 2.24) is 9.88 Å². The molecule has 0 radical (unpaired) electrons. The molecule has 0 fully saturated rings. The Morgan fingerprint density at radius 2 is 2.00 bits per heavy atom. The standard InChI is InChI=1S/C13H23N3/c1-3-5-13(14)11-16(4-2)10-12-6-8-15-9-7-12/h6-9,13H,3-5,10-11,14H2,1-2H3/t13-/m0/s1. The molecule has 0 aliphatic rings. The maximum Gasteiger partial charge on any atom is 0.0271 e. The van der Waals surface area contributed by atoms with E-state index in [2.05, 4.69) is 35.9 Å². The van der Waals surface area contributed by atoms with E-state index >= 15 is 0 Å². The van der Waals surface area contributed by atoms with Crippen LogP contribution < -0.4 is 5.73 Å². The van der Waals surface area contributed by atoms with Crippen LogP contribution in [-0.4, -0.2) is 29.0 Å². The molecule has 0 aliphatic heterocycles. The lowest BCUT2D eigenvalue weighted by molar-refractivity contribution is 0.256. The second kappa shape index (κ2) is 7.36. The summed E-state index contributed by atoms with van der Waals surface area (Å²) in [6, 6.07) is 4.42. The molecule has 0 aromatic carbocycles. The Labute approximate surface area is 98.7 Å². The Kier molecular flexibility index (Phi) is 6.04. The topological polar surface area (TPSA) is 42.1 Å². The van der Waals surface area contributed by atoms with Crippen LogP contribution in [0.4, 0.5) is 0 Å². The third-order valence-electron chi connectivity index (χ3n) is 2.75. The van der Waals surface area contributed by atoms with Crippen molar-refractivity contribution in [3.05, 3.63) is 30.1 Å². The van der Waals surface area contributed by atoms with Crippen molar-refractivity contribution in [3.8, 4) is 0 Å². The van der Waals surface area contributed by atoms with Gasteiger partial charge >= 0.3 is 0 Å². The van der Waals surface area contributed by atoms with Crippen molar-refractivity contribution >= 4 is 0 Å². The van der Waals surface area contributed by atoms with Crippen molar-refractivity contribution in [1.29, 1.82) is 0 Å². The molecule has 2 N–H and O–H groups in total. The highest BCUT2D eigenvalue weighted by atomic mass is 15.1. The average molecular weight is 221 g/mol. The van der Waals surface area contributed by atoms with Crippen LogP contribution in [0.15, 0.2) is 24.5 Å². The van der Waals surface area contributed by atoms with E-state index in [4.69, 9.17) is 5.73 Å². The fourth-order valence-electron chi connectivity index (χ4n) is 1.85. The zero-order valence-electron chi connectivity index (χ0n) is 10.4. The van der Waals surface area contributed by atoms with Gasteiger partial charge in [0.05, 0.1) is 0 Å². The zero-order chi connectivity index (χ0) is 11.8. The molecule has 1 aromatic heterocycles. The summed E-state index contributed by atoms with van der Waals surface area (Å²) in [7, 11) is 0. The van der Waals surface area contributed by atoms with E-state index in [0.717, 1.165) is 32.5 Å². The van der Waals surface area contributed by atoms with E-state index in [1.54, 1.807) is 0 Å². The Morgan fingerprint density at radius 3 is 2.56 bits per heavy atom. The van der Waals surface area contributed by atoms with Gasteiger partial charge in [-0.2, -0.15) is 0 Å². The lowest BCUT2D eigenvalue weighted by Gasteiger charge is -2.24. The minimum absolute atomic E-state index is 0.298. The van der Waals surface area contributed by atoms with Crippen molar-refractivity contribution < 1.29 is 0 Å². The van der Waals surface area contributed by atoms with E-state index in [0.29, 0.717) is 6.04 Å².